The SMILES string of the molecule is Cc1cc2c(cc1C[P+](c1ccccc1)(c1ccccc1)c1ccccc1)OCO2. The first-order valence-electron chi connectivity index (χ1n) is 10.2. The minimum atomic E-state index is -1.92. The highest BCUT2D eigenvalue weighted by Gasteiger charge is 2.45. The van der Waals surface area contributed by atoms with Crippen molar-refractivity contribution in [2.24, 2.45) is 0 Å². The number of ether oxygens (including phenoxy) is 2. The number of benzene rings is 4. The van der Waals surface area contributed by atoms with Crippen LogP contribution in [-0.4, -0.2) is 6.79 Å². The van der Waals surface area contributed by atoms with Crippen molar-refractivity contribution in [2.45, 2.75) is 13.1 Å². The predicted octanol–water partition coefficient (Wildman–Crippen LogP) is 5.22. The summed E-state index contributed by atoms with van der Waals surface area (Å²) in [6.45, 7) is 2.47. The zero-order valence-electron chi connectivity index (χ0n) is 17.0. The Balaban J connectivity index is 1.76. The van der Waals surface area contributed by atoms with E-state index >= 15 is 0 Å². The van der Waals surface area contributed by atoms with E-state index in [0.717, 1.165) is 17.7 Å². The maximum atomic E-state index is 5.72. The second kappa shape index (κ2) is 7.97. The second-order valence-electron chi connectivity index (χ2n) is 7.61. The molecule has 4 aromatic carbocycles. The Morgan fingerprint density at radius 3 is 1.53 bits per heavy atom. The number of rotatable bonds is 5. The molecule has 0 bridgehead atoms. The van der Waals surface area contributed by atoms with Crippen molar-refractivity contribution >= 4 is 23.2 Å². The largest absolute Gasteiger partial charge is 0.454 e. The van der Waals surface area contributed by atoms with Crippen LogP contribution in [0.2, 0.25) is 0 Å². The van der Waals surface area contributed by atoms with Gasteiger partial charge in [-0.1, -0.05) is 54.6 Å². The number of hydrogen-bond acceptors (Lipinski definition) is 2. The molecular weight excluding hydrogens is 387 g/mol. The highest BCUT2D eigenvalue weighted by atomic mass is 31.2. The molecule has 1 heterocycles. The van der Waals surface area contributed by atoms with Crippen LogP contribution in [0.25, 0.3) is 0 Å². The first-order valence-corrected chi connectivity index (χ1v) is 12.2. The number of hydrogen-bond donors (Lipinski definition) is 0. The Kier molecular flexibility index (Phi) is 5.02. The highest BCUT2D eigenvalue weighted by molar-refractivity contribution is 7.95. The van der Waals surface area contributed by atoms with Gasteiger partial charge < -0.3 is 9.47 Å². The molecule has 0 aromatic heterocycles. The molecule has 0 saturated heterocycles. The lowest BCUT2D eigenvalue weighted by atomic mass is 10.1. The number of aryl methyl sites for hydroxylation is 1. The molecule has 1 aliphatic rings. The second-order valence-corrected chi connectivity index (χ2v) is 11.1. The molecule has 0 radical (unpaired) electrons. The molecule has 0 N–H and O–H groups in total. The zero-order chi connectivity index (χ0) is 20.4. The van der Waals surface area contributed by atoms with Gasteiger partial charge in [0.25, 0.3) is 0 Å². The summed E-state index contributed by atoms with van der Waals surface area (Å²) < 4.78 is 11.3. The summed E-state index contributed by atoms with van der Waals surface area (Å²) in [4.78, 5) is 0. The van der Waals surface area contributed by atoms with Crippen LogP contribution in [0.4, 0.5) is 0 Å². The standard InChI is InChI=1S/C27H24O2P/c1-21-17-26-27(29-20-28-26)18-22(21)19-30(23-11-5-2-6-12-23,24-13-7-3-8-14-24)25-15-9-4-10-16-25/h2-18H,19-20H2,1H3/q+1. The topological polar surface area (TPSA) is 18.5 Å². The van der Waals surface area contributed by atoms with Gasteiger partial charge in [-0.25, -0.2) is 0 Å². The van der Waals surface area contributed by atoms with Gasteiger partial charge >= 0.3 is 0 Å². The van der Waals surface area contributed by atoms with Gasteiger partial charge in [0.15, 0.2) is 11.5 Å². The average molecular weight is 411 g/mol. The van der Waals surface area contributed by atoms with Crippen molar-refractivity contribution in [3.8, 4) is 11.5 Å². The van der Waals surface area contributed by atoms with E-state index in [4.69, 9.17) is 9.47 Å². The zero-order valence-corrected chi connectivity index (χ0v) is 17.9. The van der Waals surface area contributed by atoms with Gasteiger partial charge in [0, 0.05) is 0 Å². The molecule has 1 aliphatic heterocycles. The van der Waals surface area contributed by atoms with Crippen LogP contribution in [0, 0.1) is 6.92 Å². The third kappa shape index (κ3) is 3.28. The number of fused-ring (bicyclic) bond motifs is 1. The van der Waals surface area contributed by atoms with Crippen LogP contribution in [0.15, 0.2) is 103 Å². The molecule has 0 fully saturated rings. The Labute approximate surface area is 178 Å². The van der Waals surface area contributed by atoms with Crippen molar-refractivity contribution in [1.29, 1.82) is 0 Å². The van der Waals surface area contributed by atoms with Gasteiger partial charge in [0.2, 0.25) is 6.79 Å². The Morgan fingerprint density at radius 2 is 1.07 bits per heavy atom. The monoisotopic (exact) mass is 411 g/mol. The van der Waals surface area contributed by atoms with Gasteiger partial charge in [-0.15, -0.1) is 0 Å². The maximum absolute atomic E-state index is 5.72. The van der Waals surface area contributed by atoms with Crippen LogP contribution in [0.3, 0.4) is 0 Å². The van der Waals surface area contributed by atoms with E-state index in [1.54, 1.807) is 0 Å². The smallest absolute Gasteiger partial charge is 0.231 e. The molecule has 148 valence electrons. The fourth-order valence-electron chi connectivity index (χ4n) is 4.28. The van der Waals surface area contributed by atoms with Gasteiger partial charge in [-0.2, -0.15) is 0 Å². The Bertz CT molecular complexity index is 1040. The van der Waals surface area contributed by atoms with E-state index in [0.29, 0.717) is 6.79 Å². The summed E-state index contributed by atoms with van der Waals surface area (Å²) in [6, 6.07) is 37.2. The first-order chi connectivity index (χ1) is 14.8. The molecule has 0 spiro atoms. The van der Waals surface area contributed by atoms with Crippen LogP contribution in [0.5, 0.6) is 11.5 Å². The summed E-state index contributed by atoms with van der Waals surface area (Å²) in [5, 5.41) is 4.17. The van der Waals surface area contributed by atoms with Crippen molar-refractivity contribution < 1.29 is 9.47 Å². The summed E-state index contributed by atoms with van der Waals surface area (Å²) >= 11 is 0. The highest BCUT2D eigenvalue weighted by Crippen LogP contribution is 2.59. The van der Waals surface area contributed by atoms with Gasteiger partial charge in [-0.3, -0.25) is 0 Å². The minimum absolute atomic E-state index is 0.300. The van der Waals surface area contributed by atoms with Crippen LogP contribution >= 0.6 is 7.26 Å². The molecular formula is C27H24O2P+. The third-order valence-corrected chi connectivity index (χ3v) is 10.2. The van der Waals surface area contributed by atoms with E-state index < -0.39 is 7.26 Å². The van der Waals surface area contributed by atoms with E-state index in [1.165, 1.54) is 27.0 Å². The minimum Gasteiger partial charge on any atom is -0.454 e. The lowest BCUT2D eigenvalue weighted by molar-refractivity contribution is 0.174. The van der Waals surface area contributed by atoms with Gasteiger partial charge in [-0.05, 0) is 66.6 Å². The fraction of sp³-hybridized carbons (Fsp3) is 0.111. The quantitative estimate of drug-likeness (QED) is 0.420. The molecule has 0 atom stereocenters. The van der Waals surface area contributed by atoms with Crippen LogP contribution in [-0.2, 0) is 6.16 Å². The molecule has 4 aromatic rings. The molecule has 0 saturated carbocycles. The average Bonchev–Trinajstić information content (AvgIpc) is 3.26. The van der Waals surface area contributed by atoms with Gasteiger partial charge in [0.05, 0.1) is 6.16 Å². The van der Waals surface area contributed by atoms with E-state index in [2.05, 4.69) is 110 Å². The third-order valence-electron chi connectivity index (χ3n) is 5.83. The van der Waals surface area contributed by atoms with Crippen molar-refractivity contribution in [2.75, 3.05) is 6.79 Å². The molecule has 0 aliphatic carbocycles. The predicted molar refractivity (Wildman–Crippen MR) is 126 cm³/mol. The van der Waals surface area contributed by atoms with Crippen molar-refractivity contribution in [3.05, 3.63) is 114 Å². The van der Waals surface area contributed by atoms with E-state index in [9.17, 15) is 0 Å². The van der Waals surface area contributed by atoms with Gasteiger partial charge in [0.1, 0.15) is 23.2 Å². The lowest BCUT2D eigenvalue weighted by Crippen LogP contribution is -2.32. The van der Waals surface area contributed by atoms with Crippen molar-refractivity contribution in [3.63, 3.8) is 0 Å². The maximum Gasteiger partial charge on any atom is 0.231 e. The molecule has 5 rings (SSSR count). The molecule has 0 amide bonds. The summed E-state index contributed by atoms with van der Waals surface area (Å²) in [6.07, 6.45) is 0.938. The summed E-state index contributed by atoms with van der Waals surface area (Å²) in [5.74, 6) is 1.70. The molecule has 3 heteroatoms. The van der Waals surface area contributed by atoms with Crippen LogP contribution < -0.4 is 25.4 Å². The first kappa shape index (κ1) is 18.9. The Morgan fingerprint density at radius 1 is 0.633 bits per heavy atom. The van der Waals surface area contributed by atoms with Crippen LogP contribution in [0.1, 0.15) is 11.1 Å². The van der Waals surface area contributed by atoms with Crippen molar-refractivity contribution in [1.82, 2.24) is 0 Å². The molecule has 0 unspecified atom stereocenters. The van der Waals surface area contributed by atoms with E-state index in [1.807, 2.05) is 0 Å². The summed E-state index contributed by atoms with van der Waals surface area (Å²) in [7, 11) is -1.92. The Hall–Kier alpha value is -3.09. The molecule has 30 heavy (non-hydrogen) atoms. The lowest BCUT2D eigenvalue weighted by Gasteiger charge is -2.28. The van der Waals surface area contributed by atoms with E-state index in [-0.39, 0.29) is 0 Å². The normalized spacial score (nSPS) is 12.7. The molecule has 2 nitrogen and oxygen atoms in total. The fourth-order valence-corrected chi connectivity index (χ4v) is 8.62. The summed E-state index contributed by atoms with van der Waals surface area (Å²) in [5.41, 5.74) is 2.55.